The van der Waals surface area contributed by atoms with Gasteiger partial charge in [0.1, 0.15) is 11.4 Å². The largest absolute Gasteiger partial charge is 0.487 e. The summed E-state index contributed by atoms with van der Waals surface area (Å²) in [5, 5.41) is 16.5. The van der Waals surface area contributed by atoms with Crippen LogP contribution in [0, 0.1) is 10.1 Å². The van der Waals surface area contributed by atoms with Crippen LogP contribution in [0.5, 0.6) is 5.75 Å². The zero-order valence-corrected chi connectivity index (χ0v) is 23.4. The third-order valence-corrected chi connectivity index (χ3v) is 5.67. The van der Waals surface area contributed by atoms with Crippen molar-refractivity contribution in [2.75, 3.05) is 12.4 Å². The number of anilines is 1. The van der Waals surface area contributed by atoms with Crippen molar-refractivity contribution < 1.29 is 9.66 Å². The van der Waals surface area contributed by atoms with E-state index in [1.54, 1.807) is 24.4 Å². The van der Waals surface area contributed by atoms with E-state index < -0.39 is 5.60 Å². The highest BCUT2D eigenvalue weighted by Crippen LogP contribution is 2.41. The van der Waals surface area contributed by atoms with E-state index in [1.807, 2.05) is 47.7 Å². The fourth-order valence-corrected chi connectivity index (χ4v) is 4.18. The molecule has 0 aliphatic heterocycles. The lowest BCUT2D eigenvalue weighted by molar-refractivity contribution is -0.383. The van der Waals surface area contributed by atoms with Crippen molar-refractivity contribution in [3.8, 4) is 5.75 Å². The van der Waals surface area contributed by atoms with Gasteiger partial charge in [0.25, 0.3) is 5.69 Å². The highest BCUT2D eigenvalue weighted by Gasteiger charge is 2.23. The standard InChI is InChI=1S/C28H35N3O3.C2H6/c1-17(2)20-11-9-12-21(18(3)4)27(20)30-16-19-15-23(31(32)33)22-13-10-14-24(34-28(5,6)7)25(22)26(19)29-8;1-2/h9-18,29H,1-8H3;1-2H3. The van der Waals surface area contributed by atoms with Gasteiger partial charge in [-0.15, -0.1) is 0 Å². The minimum Gasteiger partial charge on any atom is -0.487 e. The molecule has 0 saturated heterocycles. The first kappa shape index (κ1) is 28.8. The lowest BCUT2D eigenvalue weighted by Crippen LogP contribution is -2.23. The van der Waals surface area contributed by atoms with Gasteiger partial charge in [-0.3, -0.25) is 15.1 Å². The molecule has 6 heteroatoms. The molecule has 1 N–H and O–H groups in total. The fraction of sp³-hybridized carbons (Fsp3) is 0.433. The zero-order valence-electron chi connectivity index (χ0n) is 23.4. The van der Waals surface area contributed by atoms with E-state index >= 15 is 0 Å². The third-order valence-electron chi connectivity index (χ3n) is 5.67. The Balaban J connectivity index is 0.00000222. The molecule has 0 fully saturated rings. The van der Waals surface area contributed by atoms with Crippen LogP contribution in [0.1, 0.15) is 90.8 Å². The summed E-state index contributed by atoms with van der Waals surface area (Å²) in [4.78, 5) is 16.6. The summed E-state index contributed by atoms with van der Waals surface area (Å²) in [5.41, 5.74) is 4.19. The summed E-state index contributed by atoms with van der Waals surface area (Å²) < 4.78 is 6.20. The van der Waals surface area contributed by atoms with Crippen molar-refractivity contribution >= 4 is 34.0 Å². The molecule has 0 unspecified atom stereocenters. The first-order valence-electron chi connectivity index (χ1n) is 12.7. The quantitative estimate of drug-likeness (QED) is 0.203. The van der Waals surface area contributed by atoms with E-state index in [4.69, 9.17) is 9.73 Å². The molecule has 0 heterocycles. The Morgan fingerprint density at radius 3 is 2.03 bits per heavy atom. The first-order chi connectivity index (χ1) is 16.9. The van der Waals surface area contributed by atoms with Gasteiger partial charge in [0, 0.05) is 24.9 Å². The van der Waals surface area contributed by atoms with Crippen molar-refractivity contribution in [2.45, 2.75) is 79.8 Å². The minimum absolute atomic E-state index is 0.0241. The van der Waals surface area contributed by atoms with Gasteiger partial charge in [-0.25, -0.2) is 0 Å². The third kappa shape index (κ3) is 6.42. The molecule has 0 aromatic heterocycles. The molecular formula is C30H41N3O3. The molecular weight excluding hydrogens is 450 g/mol. The summed E-state index contributed by atoms with van der Waals surface area (Å²) in [6.07, 6.45) is 1.74. The Morgan fingerprint density at radius 1 is 1.00 bits per heavy atom. The smallest absolute Gasteiger partial charge is 0.278 e. The molecule has 0 saturated carbocycles. The average Bonchev–Trinajstić information content (AvgIpc) is 2.81. The molecule has 0 amide bonds. The van der Waals surface area contributed by atoms with Crippen molar-refractivity contribution in [1.82, 2.24) is 0 Å². The SMILES string of the molecule is CC.CNc1c(C=Nc2c(C(C)C)cccc2C(C)C)cc([N+](=O)[O-])c2cccc(OC(C)(C)C)c12. The molecule has 6 nitrogen and oxygen atoms in total. The molecule has 0 aliphatic carbocycles. The van der Waals surface area contributed by atoms with Crippen LogP contribution in [0.4, 0.5) is 17.1 Å². The van der Waals surface area contributed by atoms with Gasteiger partial charge in [-0.2, -0.15) is 0 Å². The number of para-hydroxylation sites is 1. The second-order valence-corrected chi connectivity index (χ2v) is 10.1. The van der Waals surface area contributed by atoms with E-state index in [0.717, 1.165) is 22.5 Å². The molecule has 0 bridgehead atoms. The topological polar surface area (TPSA) is 76.8 Å². The predicted octanol–water partition coefficient (Wildman–Crippen LogP) is 8.99. The van der Waals surface area contributed by atoms with E-state index in [9.17, 15) is 10.1 Å². The molecule has 0 aliphatic rings. The highest BCUT2D eigenvalue weighted by atomic mass is 16.6. The minimum atomic E-state index is -0.458. The molecule has 3 aromatic rings. The maximum absolute atomic E-state index is 12.0. The van der Waals surface area contributed by atoms with Crippen LogP contribution in [-0.4, -0.2) is 23.8 Å². The number of rotatable bonds is 7. The van der Waals surface area contributed by atoms with Crippen molar-refractivity contribution in [3.63, 3.8) is 0 Å². The van der Waals surface area contributed by atoms with Crippen molar-refractivity contribution in [2.24, 2.45) is 4.99 Å². The van der Waals surface area contributed by atoms with E-state index in [0.29, 0.717) is 33.9 Å². The van der Waals surface area contributed by atoms with E-state index in [2.05, 4.69) is 51.2 Å². The van der Waals surface area contributed by atoms with Gasteiger partial charge in [0.2, 0.25) is 0 Å². The summed E-state index contributed by atoms with van der Waals surface area (Å²) in [7, 11) is 1.81. The van der Waals surface area contributed by atoms with Gasteiger partial charge in [0.15, 0.2) is 0 Å². The van der Waals surface area contributed by atoms with Gasteiger partial charge in [-0.05, 0) is 55.9 Å². The van der Waals surface area contributed by atoms with E-state index in [-0.39, 0.29) is 10.6 Å². The molecule has 3 aromatic carbocycles. The summed E-state index contributed by atoms with van der Waals surface area (Å²) in [6, 6.07) is 13.3. The first-order valence-corrected chi connectivity index (χ1v) is 12.7. The van der Waals surface area contributed by atoms with Crippen LogP contribution in [0.25, 0.3) is 10.8 Å². The number of non-ortho nitro benzene ring substituents is 1. The molecule has 0 atom stereocenters. The lowest BCUT2D eigenvalue weighted by atomic mass is 9.93. The molecule has 194 valence electrons. The van der Waals surface area contributed by atoms with Gasteiger partial charge in [-0.1, -0.05) is 65.8 Å². The number of nitro benzene ring substituents is 1. The van der Waals surface area contributed by atoms with Crippen LogP contribution in [-0.2, 0) is 0 Å². The van der Waals surface area contributed by atoms with Crippen LogP contribution >= 0.6 is 0 Å². The van der Waals surface area contributed by atoms with Crippen LogP contribution in [0.3, 0.4) is 0 Å². The average molecular weight is 492 g/mol. The predicted molar refractivity (Wildman–Crippen MR) is 154 cm³/mol. The molecule has 36 heavy (non-hydrogen) atoms. The number of ether oxygens (including phenoxy) is 1. The Kier molecular flexibility index (Phi) is 9.62. The Morgan fingerprint density at radius 2 is 1.56 bits per heavy atom. The van der Waals surface area contributed by atoms with Crippen molar-refractivity contribution in [1.29, 1.82) is 0 Å². The van der Waals surface area contributed by atoms with Gasteiger partial charge < -0.3 is 10.1 Å². The maximum Gasteiger partial charge on any atom is 0.278 e. The summed E-state index contributed by atoms with van der Waals surface area (Å²) in [6.45, 7) is 18.5. The maximum atomic E-state index is 12.0. The number of hydrogen-bond acceptors (Lipinski definition) is 5. The summed E-state index contributed by atoms with van der Waals surface area (Å²) >= 11 is 0. The molecule has 0 spiro atoms. The van der Waals surface area contributed by atoms with Crippen LogP contribution in [0.2, 0.25) is 0 Å². The monoisotopic (exact) mass is 491 g/mol. The second kappa shape index (κ2) is 12.0. The number of nitrogens with zero attached hydrogens (tertiary/aromatic N) is 2. The Labute approximate surface area is 215 Å². The number of benzene rings is 3. The zero-order chi connectivity index (χ0) is 27.2. The second-order valence-electron chi connectivity index (χ2n) is 10.1. The summed E-state index contributed by atoms with van der Waals surface area (Å²) in [5.74, 6) is 1.19. The number of nitro groups is 1. The van der Waals surface area contributed by atoms with Crippen LogP contribution < -0.4 is 10.1 Å². The molecule has 3 rings (SSSR count). The normalized spacial score (nSPS) is 11.7. The van der Waals surface area contributed by atoms with Crippen molar-refractivity contribution in [3.05, 3.63) is 69.3 Å². The van der Waals surface area contributed by atoms with Gasteiger partial charge >= 0.3 is 0 Å². The number of hydrogen-bond donors (Lipinski definition) is 1. The lowest BCUT2D eigenvalue weighted by Gasteiger charge is -2.23. The number of fused-ring (bicyclic) bond motifs is 1. The fourth-order valence-electron chi connectivity index (χ4n) is 4.18. The Bertz CT molecular complexity index is 1210. The van der Waals surface area contributed by atoms with Crippen LogP contribution in [0.15, 0.2) is 47.5 Å². The highest BCUT2D eigenvalue weighted by molar-refractivity contribution is 6.10. The van der Waals surface area contributed by atoms with Gasteiger partial charge in [0.05, 0.1) is 27.1 Å². The number of aliphatic imine (C=N–C) groups is 1. The van der Waals surface area contributed by atoms with E-state index in [1.165, 1.54) is 0 Å². The Hall–Kier alpha value is -3.41. The number of nitrogens with one attached hydrogen (secondary N) is 1. The molecule has 0 radical (unpaired) electrons.